The second-order valence-electron chi connectivity index (χ2n) is 4.60. The highest BCUT2D eigenvalue weighted by molar-refractivity contribution is 5.28. The average Bonchev–Trinajstić information content (AvgIpc) is 2.31. The Balaban J connectivity index is 2.76. The third-order valence-corrected chi connectivity index (χ3v) is 3.00. The molecule has 17 heavy (non-hydrogen) atoms. The molecule has 1 aromatic carbocycles. The molecule has 0 heterocycles. The van der Waals surface area contributed by atoms with Gasteiger partial charge in [0.2, 0.25) is 0 Å². The summed E-state index contributed by atoms with van der Waals surface area (Å²) >= 11 is 0. The van der Waals surface area contributed by atoms with E-state index in [1.807, 2.05) is 13.0 Å². The first-order chi connectivity index (χ1) is 8.00. The largest absolute Gasteiger partial charge is 0.486 e. The minimum Gasteiger partial charge on any atom is -0.486 e. The summed E-state index contributed by atoms with van der Waals surface area (Å²) in [6.07, 6.45) is 0.871. The van der Waals surface area contributed by atoms with Crippen molar-refractivity contribution in [3.8, 4) is 5.75 Å². The number of aryl methyl sites for hydroxylation is 1. The number of ether oxygens (including phenoxy) is 1. The Morgan fingerprint density at radius 3 is 2.59 bits per heavy atom. The van der Waals surface area contributed by atoms with Gasteiger partial charge >= 0.3 is 0 Å². The van der Waals surface area contributed by atoms with Gasteiger partial charge in [-0.3, -0.25) is 0 Å². The van der Waals surface area contributed by atoms with E-state index in [0.29, 0.717) is 11.3 Å². The van der Waals surface area contributed by atoms with Gasteiger partial charge in [0, 0.05) is 12.6 Å². The van der Waals surface area contributed by atoms with E-state index in [0.717, 1.165) is 19.5 Å². The van der Waals surface area contributed by atoms with E-state index in [1.54, 1.807) is 13.0 Å². The zero-order valence-electron chi connectivity index (χ0n) is 11.1. The summed E-state index contributed by atoms with van der Waals surface area (Å²) in [6.45, 7) is 9.57. The topological polar surface area (TPSA) is 21.3 Å². The standard InChI is InChI=1S/C14H22FNO/c1-5-14(4,10-16-6-2)17-12-8-7-11(3)13(15)9-12/h7-9,16H,5-6,10H2,1-4H3. The van der Waals surface area contributed by atoms with E-state index in [-0.39, 0.29) is 11.4 Å². The zero-order chi connectivity index (χ0) is 12.9. The summed E-state index contributed by atoms with van der Waals surface area (Å²) in [5.74, 6) is 0.375. The third-order valence-electron chi connectivity index (χ3n) is 3.00. The normalized spacial score (nSPS) is 14.4. The Labute approximate surface area is 103 Å². The van der Waals surface area contributed by atoms with Crippen LogP contribution in [0.5, 0.6) is 5.75 Å². The minimum absolute atomic E-state index is 0.218. The summed E-state index contributed by atoms with van der Waals surface area (Å²) in [4.78, 5) is 0. The maximum absolute atomic E-state index is 13.4. The fourth-order valence-electron chi connectivity index (χ4n) is 1.54. The SMILES string of the molecule is CCNCC(C)(CC)Oc1ccc(C)c(F)c1. The average molecular weight is 239 g/mol. The van der Waals surface area contributed by atoms with Gasteiger partial charge in [-0.25, -0.2) is 4.39 Å². The molecule has 0 amide bonds. The summed E-state index contributed by atoms with van der Waals surface area (Å²) in [7, 11) is 0. The molecule has 0 aromatic heterocycles. The van der Waals surface area contributed by atoms with Crippen molar-refractivity contribution in [2.45, 2.75) is 39.7 Å². The van der Waals surface area contributed by atoms with Crippen LogP contribution in [-0.4, -0.2) is 18.7 Å². The van der Waals surface area contributed by atoms with Crippen molar-refractivity contribution < 1.29 is 9.13 Å². The summed E-state index contributed by atoms with van der Waals surface area (Å²) in [5.41, 5.74) is 0.347. The number of benzene rings is 1. The molecule has 1 rings (SSSR count). The number of rotatable bonds is 6. The van der Waals surface area contributed by atoms with Crippen LogP contribution >= 0.6 is 0 Å². The van der Waals surface area contributed by atoms with E-state index in [4.69, 9.17) is 4.74 Å². The molecule has 0 fully saturated rings. The van der Waals surface area contributed by atoms with Gasteiger partial charge in [-0.1, -0.05) is 19.9 Å². The van der Waals surface area contributed by atoms with Crippen LogP contribution in [0.25, 0.3) is 0 Å². The van der Waals surface area contributed by atoms with E-state index in [2.05, 4.69) is 19.2 Å². The van der Waals surface area contributed by atoms with Gasteiger partial charge in [0.1, 0.15) is 17.2 Å². The molecule has 0 bridgehead atoms. The number of nitrogens with one attached hydrogen (secondary N) is 1. The van der Waals surface area contributed by atoms with Crippen LogP contribution in [0.3, 0.4) is 0 Å². The second-order valence-corrected chi connectivity index (χ2v) is 4.60. The Hall–Kier alpha value is -1.09. The predicted molar refractivity (Wildman–Crippen MR) is 69.0 cm³/mol. The van der Waals surface area contributed by atoms with Crippen LogP contribution in [0.2, 0.25) is 0 Å². The van der Waals surface area contributed by atoms with Gasteiger partial charge < -0.3 is 10.1 Å². The van der Waals surface area contributed by atoms with E-state index in [9.17, 15) is 4.39 Å². The van der Waals surface area contributed by atoms with Gasteiger partial charge in [-0.15, -0.1) is 0 Å². The first kappa shape index (κ1) is 14.0. The Bertz CT molecular complexity index is 367. The van der Waals surface area contributed by atoms with Crippen LogP contribution < -0.4 is 10.1 Å². The molecule has 0 radical (unpaired) electrons. The lowest BCUT2D eigenvalue weighted by molar-refractivity contribution is 0.0838. The lowest BCUT2D eigenvalue weighted by atomic mass is 10.0. The van der Waals surface area contributed by atoms with Crippen LogP contribution in [0.4, 0.5) is 4.39 Å². The first-order valence-corrected chi connectivity index (χ1v) is 6.16. The smallest absolute Gasteiger partial charge is 0.129 e. The van der Waals surface area contributed by atoms with Crippen LogP contribution in [-0.2, 0) is 0 Å². The van der Waals surface area contributed by atoms with Gasteiger partial charge in [0.05, 0.1) is 0 Å². The molecule has 0 saturated carbocycles. The molecule has 0 aliphatic carbocycles. The molecule has 1 unspecified atom stereocenters. The Morgan fingerprint density at radius 1 is 1.35 bits per heavy atom. The highest BCUT2D eigenvalue weighted by Crippen LogP contribution is 2.23. The molecule has 1 N–H and O–H groups in total. The summed E-state index contributed by atoms with van der Waals surface area (Å²) < 4.78 is 19.3. The number of likely N-dealkylation sites (N-methyl/N-ethyl adjacent to an activating group) is 1. The molecule has 0 spiro atoms. The van der Waals surface area contributed by atoms with Crippen LogP contribution in [0.1, 0.15) is 32.8 Å². The van der Waals surface area contributed by atoms with Crippen molar-refractivity contribution in [2.24, 2.45) is 0 Å². The fraction of sp³-hybridized carbons (Fsp3) is 0.571. The Kier molecular flexibility index (Phi) is 4.94. The minimum atomic E-state index is -0.294. The predicted octanol–water partition coefficient (Wildman–Crippen LogP) is 3.29. The van der Waals surface area contributed by atoms with E-state index >= 15 is 0 Å². The molecule has 2 nitrogen and oxygen atoms in total. The molecule has 1 atom stereocenters. The quantitative estimate of drug-likeness (QED) is 0.822. The lowest BCUT2D eigenvalue weighted by Crippen LogP contribution is -2.42. The number of hydrogen-bond acceptors (Lipinski definition) is 2. The van der Waals surface area contributed by atoms with Crippen molar-refractivity contribution in [2.75, 3.05) is 13.1 Å². The molecule has 0 aliphatic rings. The van der Waals surface area contributed by atoms with Crippen LogP contribution in [0.15, 0.2) is 18.2 Å². The van der Waals surface area contributed by atoms with Crippen molar-refractivity contribution in [1.82, 2.24) is 5.32 Å². The highest BCUT2D eigenvalue weighted by Gasteiger charge is 2.23. The van der Waals surface area contributed by atoms with Crippen molar-refractivity contribution in [3.63, 3.8) is 0 Å². The maximum atomic E-state index is 13.4. The van der Waals surface area contributed by atoms with E-state index in [1.165, 1.54) is 6.07 Å². The van der Waals surface area contributed by atoms with Gasteiger partial charge in [0.15, 0.2) is 0 Å². The third kappa shape index (κ3) is 4.00. The first-order valence-electron chi connectivity index (χ1n) is 6.16. The summed E-state index contributed by atoms with van der Waals surface area (Å²) in [6, 6.07) is 5.02. The fourth-order valence-corrected chi connectivity index (χ4v) is 1.54. The monoisotopic (exact) mass is 239 g/mol. The molecular formula is C14H22FNO. The Morgan fingerprint density at radius 2 is 2.06 bits per heavy atom. The van der Waals surface area contributed by atoms with Crippen molar-refractivity contribution >= 4 is 0 Å². The van der Waals surface area contributed by atoms with Gasteiger partial charge in [-0.05, 0) is 38.4 Å². The maximum Gasteiger partial charge on any atom is 0.129 e. The van der Waals surface area contributed by atoms with Crippen LogP contribution in [0, 0.1) is 12.7 Å². The molecular weight excluding hydrogens is 217 g/mol. The lowest BCUT2D eigenvalue weighted by Gasteiger charge is -2.30. The van der Waals surface area contributed by atoms with Gasteiger partial charge in [0.25, 0.3) is 0 Å². The van der Waals surface area contributed by atoms with Crippen molar-refractivity contribution in [1.29, 1.82) is 0 Å². The zero-order valence-corrected chi connectivity index (χ0v) is 11.1. The van der Waals surface area contributed by atoms with E-state index < -0.39 is 0 Å². The molecule has 0 aliphatic heterocycles. The number of halogens is 1. The molecule has 96 valence electrons. The molecule has 3 heteroatoms. The van der Waals surface area contributed by atoms with Gasteiger partial charge in [-0.2, -0.15) is 0 Å². The molecule has 0 saturated heterocycles. The summed E-state index contributed by atoms with van der Waals surface area (Å²) in [5, 5.41) is 3.27. The molecule has 1 aromatic rings. The number of hydrogen-bond donors (Lipinski definition) is 1. The van der Waals surface area contributed by atoms with Crippen molar-refractivity contribution in [3.05, 3.63) is 29.6 Å². The second kappa shape index (κ2) is 6.01. The highest BCUT2D eigenvalue weighted by atomic mass is 19.1.